The number of carbonyl (C=O) groups is 3. The van der Waals surface area contributed by atoms with Gasteiger partial charge in [0.05, 0.1) is 11.4 Å². The highest BCUT2D eigenvalue weighted by molar-refractivity contribution is 9.10. The number of hydrogen-bond donors (Lipinski definition) is 1. The molecule has 8 heteroatoms. The number of halogens is 1. The predicted molar refractivity (Wildman–Crippen MR) is 97.5 cm³/mol. The molecule has 1 aromatic rings. The SMILES string of the molecule is COCC(=O)SCC(=O)N(c1c(C)ccc(Br)c1C)[C@@H](C)C(=O)O. The van der Waals surface area contributed by atoms with Gasteiger partial charge in [0.2, 0.25) is 11.0 Å². The van der Waals surface area contributed by atoms with Crippen LogP contribution in [0.15, 0.2) is 16.6 Å². The highest BCUT2D eigenvalue weighted by atomic mass is 79.9. The van der Waals surface area contributed by atoms with Gasteiger partial charge in [-0.25, -0.2) is 4.79 Å². The monoisotopic (exact) mass is 417 g/mol. The lowest BCUT2D eigenvalue weighted by Gasteiger charge is -2.30. The van der Waals surface area contributed by atoms with Gasteiger partial charge in [-0.2, -0.15) is 0 Å². The molecule has 6 nitrogen and oxygen atoms in total. The van der Waals surface area contributed by atoms with Crippen molar-refractivity contribution in [2.45, 2.75) is 26.8 Å². The standard InChI is InChI=1S/C16H20BrNO5S/c1-9-5-6-12(17)10(2)15(9)18(11(3)16(21)22)13(19)8-24-14(20)7-23-4/h5-6,11H,7-8H2,1-4H3,(H,21,22)/t11-/m0/s1. The molecule has 0 heterocycles. The second-order valence-corrected chi connectivity index (χ2v) is 7.10. The normalized spacial score (nSPS) is 11.9. The summed E-state index contributed by atoms with van der Waals surface area (Å²) in [5.41, 5.74) is 2.10. The van der Waals surface area contributed by atoms with Crippen LogP contribution in [-0.4, -0.2) is 47.6 Å². The Labute approximate surface area is 153 Å². The predicted octanol–water partition coefficient (Wildman–Crippen LogP) is 2.78. The molecule has 0 saturated carbocycles. The van der Waals surface area contributed by atoms with Crippen molar-refractivity contribution < 1.29 is 24.2 Å². The molecule has 1 N–H and O–H groups in total. The first-order valence-corrected chi connectivity index (χ1v) is 8.93. The van der Waals surface area contributed by atoms with Gasteiger partial charge in [-0.15, -0.1) is 0 Å². The van der Waals surface area contributed by atoms with E-state index in [0.717, 1.165) is 27.4 Å². The van der Waals surface area contributed by atoms with Crippen LogP contribution in [0.2, 0.25) is 0 Å². The quantitative estimate of drug-likeness (QED) is 0.733. The van der Waals surface area contributed by atoms with Gasteiger partial charge in [0, 0.05) is 11.6 Å². The van der Waals surface area contributed by atoms with Crippen LogP contribution in [0.4, 0.5) is 5.69 Å². The summed E-state index contributed by atoms with van der Waals surface area (Å²) in [6.45, 7) is 4.97. The molecular formula is C16H20BrNO5S. The number of thioether (sulfide) groups is 1. The summed E-state index contributed by atoms with van der Waals surface area (Å²) in [6, 6.07) is 2.60. The van der Waals surface area contributed by atoms with E-state index in [0.29, 0.717) is 5.69 Å². The molecule has 0 saturated heterocycles. The molecule has 1 atom stereocenters. The second kappa shape index (κ2) is 9.19. The van der Waals surface area contributed by atoms with Crippen LogP contribution in [0.5, 0.6) is 0 Å². The number of carboxylic acids is 1. The minimum atomic E-state index is -1.12. The number of carboxylic acid groups (broad SMARTS) is 1. The third-order valence-corrected chi connectivity index (χ3v) is 5.13. The minimum Gasteiger partial charge on any atom is -0.480 e. The number of nitrogens with zero attached hydrogens (tertiary/aromatic N) is 1. The summed E-state index contributed by atoms with van der Waals surface area (Å²) in [5.74, 6) is -1.70. The number of benzene rings is 1. The number of aryl methyl sites for hydroxylation is 1. The van der Waals surface area contributed by atoms with Crippen molar-refractivity contribution in [3.05, 3.63) is 27.7 Å². The molecule has 0 fully saturated rings. The summed E-state index contributed by atoms with van der Waals surface area (Å²) in [7, 11) is 1.40. The van der Waals surface area contributed by atoms with Gasteiger partial charge in [0.1, 0.15) is 12.6 Å². The lowest BCUT2D eigenvalue weighted by Crippen LogP contribution is -2.45. The van der Waals surface area contributed by atoms with Crippen molar-refractivity contribution in [1.29, 1.82) is 0 Å². The molecule has 0 aliphatic rings. The van der Waals surface area contributed by atoms with Gasteiger partial charge < -0.3 is 9.84 Å². The Morgan fingerprint density at radius 2 is 1.96 bits per heavy atom. The fraction of sp³-hybridized carbons (Fsp3) is 0.438. The maximum Gasteiger partial charge on any atom is 0.326 e. The highest BCUT2D eigenvalue weighted by Gasteiger charge is 2.30. The Balaban J connectivity index is 3.19. The zero-order valence-electron chi connectivity index (χ0n) is 14.0. The van der Waals surface area contributed by atoms with Crippen LogP contribution in [0, 0.1) is 13.8 Å². The fourth-order valence-corrected chi connectivity index (χ4v) is 3.14. The summed E-state index contributed by atoms with van der Waals surface area (Å²) in [4.78, 5) is 36.9. The van der Waals surface area contributed by atoms with Crippen LogP contribution in [-0.2, 0) is 19.1 Å². The smallest absolute Gasteiger partial charge is 0.326 e. The number of rotatable bonds is 7. The van der Waals surface area contributed by atoms with E-state index in [2.05, 4.69) is 15.9 Å². The molecule has 0 bridgehead atoms. The summed E-state index contributed by atoms with van der Waals surface area (Å²) in [5, 5.41) is 9.09. The van der Waals surface area contributed by atoms with Crippen LogP contribution in [0.25, 0.3) is 0 Å². The van der Waals surface area contributed by atoms with Crippen LogP contribution >= 0.6 is 27.7 Å². The van der Waals surface area contributed by atoms with Crippen molar-refractivity contribution in [3.8, 4) is 0 Å². The van der Waals surface area contributed by atoms with E-state index < -0.39 is 17.9 Å². The van der Waals surface area contributed by atoms with E-state index in [4.69, 9.17) is 4.74 Å². The number of hydrogen-bond acceptors (Lipinski definition) is 5. The lowest BCUT2D eigenvalue weighted by molar-refractivity contribution is -0.139. The Morgan fingerprint density at radius 3 is 2.50 bits per heavy atom. The average molecular weight is 418 g/mol. The van der Waals surface area contributed by atoms with Crippen molar-refractivity contribution in [2.24, 2.45) is 0 Å². The van der Waals surface area contributed by atoms with Crippen LogP contribution < -0.4 is 4.90 Å². The van der Waals surface area contributed by atoms with Crippen molar-refractivity contribution in [2.75, 3.05) is 24.4 Å². The van der Waals surface area contributed by atoms with E-state index in [1.54, 1.807) is 0 Å². The Bertz CT molecular complexity index is 650. The molecule has 132 valence electrons. The summed E-state index contributed by atoms with van der Waals surface area (Å²) in [6.07, 6.45) is 0. The first kappa shape index (κ1) is 20.7. The number of aliphatic carboxylic acids is 1. The van der Waals surface area contributed by atoms with Gasteiger partial charge in [-0.05, 0) is 38.0 Å². The number of anilines is 1. The van der Waals surface area contributed by atoms with E-state index in [1.165, 1.54) is 18.9 Å². The zero-order valence-corrected chi connectivity index (χ0v) is 16.4. The van der Waals surface area contributed by atoms with E-state index >= 15 is 0 Å². The van der Waals surface area contributed by atoms with Gasteiger partial charge in [0.25, 0.3) is 0 Å². The van der Waals surface area contributed by atoms with Crippen LogP contribution in [0.1, 0.15) is 18.1 Å². The molecule has 0 aromatic heterocycles. The zero-order chi connectivity index (χ0) is 18.4. The highest BCUT2D eigenvalue weighted by Crippen LogP contribution is 2.32. The van der Waals surface area contributed by atoms with E-state index in [1.807, 2.05) is 26.0 Å². The molecule has 1 aromatic carbocycles. The largest absolute Gasteiger partial charge is 0.480 e. The number of methoxy groups -OCH3 is 1. The number of carbonyl (C=O) groups excluding carboxylic acids is 2. The molecular weight excluding hydrogens is 398 g/mol. The van der Waals surface area contributed by atoms with Crippen molar-refractivity contribution in [3.63, 3.8) is 0 Å². The lowest BCUT2D eigenvalue weighted by atomic mass is 10.1. The molecule has 0 aliphatic heterocycles. The molecule has 0 spiro atoms. The van der Waals surface area contributed by atoms with Gasteiger partial charge >= 0.3 is 5.97 Å². The molecule has 24 heavy (non-hydrogen) atoms. The first-order valence-electron chi connectivity index (χ1n) is 7.15. The topological polar surface area (TPSA) is 83.9 Å². The van der Waals surface area contributed by atoms with Crippen molar-refractivity contribution >= 4 is 50.4 Å². The maximum atomic E-state index is 12.6. The van der Waals surface area contributed by atoms with Gasteiger partial charge in [-0.1, -0.05) is 33.8 Å². The van der Waals surface area contributed by atoms with Crippen LogP contribution in [0.3, 0.4) is 0 Å². The molecule has 1 amide bonds. The Morgan fingerprint density at radius 1 is 1.33 bits per heavy atom. The second-order valence-electron chi connectivity index (χ2n) is 5.21. The number of ether oxygens (including phenoxy) is 1. The average Bonchev–Trinajstić information content (AvgIpc) is 2.52. The van der Waals surface area contributed by atoms with E-state index in [-0.39, 0.29) is 17.5 Å². The third-order valence-electron chi connectivity index (χ3n) is 3.44. The minimum absolute atomic E-state index is 0.0959. The molecule has 0 aliphatic carbocycles. The third kappa shape index (κ3) is 5.06. The fourth-order valence-electron chi connectivity index (χ4n) is 2.20. The molecule has 1 rings (SSSR count). The van der Waals surface area contributed by atoms with Gasteiger partial charge in [0.15, 0.2) is 0 Å². The molecule has 0 radical (unpaired) electrons. The Kier molecular flexibility index (Phi) is 7.92. The van der Waals surface area contributed by atoms with Gasteiger partial charge in [-0.3, -0.25) is 14.5 Å². The Hall–Kier alpha value is -1.38. The molecule has 0 unspecified atom stereocenters. The number of amides is 1. The first-order chi connectivity index (χ1) is 11.2. The van der Waals surface area contributed by atoms with E-state index in [9.17, 15) is 19.5 Å². The maximum absolute atomic E-state index is 12.6. The van der Waals surface area contributed by atoms with Crippen molar-refractivity contribution in [1.82, 2.24) is 0 Å². The summed E-state index contributed by atoms with van der Waals surface area (Å²) >= 11 is 4.22. The summed E-state index contributed by atoms with van der Waals surface area (Å²) < 4.78 is 5.50.